The molecule has 3 aromatic rings. The summed E-state index contributed by atoms with van der Waals surface area (Å²) in [5.74, 6) is 0.673. The molecule has 1 aromatic heterocycles. The van der Waals surface area contributed by atoms with Crippen molar-refractivity contribution in [2.24, 2.45) is 0 Å². The Morgan fingerprint density at radius 2 is 1.40 bits per heavy atom. The van der Waals surface area contributed by atoms with Gasteiger partial charge in [0.25, 0.3) is 0 Å². The Balaban J connectivity index is 0.906. The number of ether oxygens (including phenoxy) is 3. The Bertz CT molecular complexity index is 1490. The second-order valence-corrected chi connectivity index (χ2v) is 15.5. The molecule has 1 saturated heterocycles. The molecule has 286 valence electrons. The molecule has 52 heavy (non-hydrogen) atoms. The van der Waals surface area contributed by atoms with Gasteiger partial charge in [0.15, 0.2) is 6.73 Å². The van der Waals surface area contributed by atoms with Gasteiger partial charge in [0.1, 0.15) is 5.75 Å². The zero-order chi connectivity index (χ0) is 36.2. The van der Waals surface area contributed by atoms with Gasteiger partial charge < -0.3 is 19.1 Å². The lowest BCUT2D eigenvalue weighted by Crippen LogP contribution is -2.46. The van der Waals surface area contributed by atoms with Crippen LogP contribution in [0.2, 0.25) is 0 Å². The number of piperazine rings is 1. The number of nitrogens with zero attached hydrogens (tertiary/aromatic N) is 3. The minimum absolute atomic E-state index is 0.0588. The van der Waals surface area contributed by atoms with Crippen molar-refractivity contribution in [3.05, 3.63) is 53.4 Å². The van der Waals surface area contributed by atoms with Gasteiger partial charge in [-0.15, -0.1) is 11.3 Å². The first-order valence-electron chi connectivity index (χ1n) is 20.4. The van der Waals surface area contributed by atoms with Crippen LogP contribution in [0, 0.1) is 0 Å². The van der Waals surface area contributed by atoms with Gasteiger partial charge >= 0.3 is 6.16 Å². The Kier molecular flexibility index (Phi) is 17.4. The third-order valence-electron chi connectivity index (χ3n) is 10.6. The van der Waals surface area contributed by atoms with Crippen LogP contribution >= 0.6 is 11.3 Å². The van der Waals surface area contributed by atoms with Crippen molar-refractivity contribution in [3.8, 4) is 5.75 Å². The van der Waals surface area contributed by atoms with Crippen molar-refractivity contribution < 1.29 is 23.8 Å². The number of unbranched alkanes of at least 4 members (excludes halogenated alkanes) is 14. The van der Waals surface area contributed by atoms with Gasteiger partial charge in [-0.2, -0.15) is 0 Å². The van der Waals surface area contributed by atoms with E-state index in [0.29, 0.717) is 26.1 Å². The molecule has 3 heterocycles. The number of anilines is 2. The SMILES string of the molecule is CCCCCCCCCCCCCCCCOC(=O)OCN1C(=O)CCc2ccc(OCCCCN3CCN(c4cccc5sccc45)CC3)cc21. The first-order valence-corrected chi connectivity index (χ1v) is 21.3. The Morgan fingerprint density at radius 3 is 2.13 bits per heavy atom. The van der Waals surface area contributed by atoms with Crippen LogP contribution in [0.25, 0.3) is 10.1 Å². The molecular formula is C43H63N3O5S. The van der Waals surface area contributed by atoms with E-state index < -0.39 is 6.16 Å². The minimum Gasteiger partial charge on any atom is -0.494 e. The van der Waals surface area contributed by atoms with E-state index in [1.165, 1.54) is 97.7 Å². The highest BCUT2D eigenvalue weighted by Crippen LogP contribution is 2.33. The fourth-order valence-corrected chi connectivity index (χ4v) is 8.26. The maximum Gasteiger partial charge on any atom is 0.510 e. The summed E-state index contributed by atoms with van der Waals surface area (Å²) in [6.07, 6.45) is 20.3. The van der Waals surface area contributed by atoms with Gasteiger partial charge in [0, 0.05) is 54.4 Å². The molecule has 0 radical (unpaired) electrons. The molecule has 2 aliphatic rings. The fraction of sp³-hybridized carbons (Fsp3) is 0.628. The van der Waals surface area contributed by atoms with Crippen LogP contribution in [0.4, 0.5) is 16.2 Å². The molecule has 0 atom stereocenters. The number of carbonyl (C=O) groups excluding carboxylic acids is 2. The van der Waals surface area contributed by atoms with Gasteiger partial charge in [-0.1, -0.05) is 103 Å². The molecule has 0 saturated carbocycles. The van der Waals surface area contributed by atoms with Crippen molar-refractivity contribution in [2.75, 3.05) is 62.5 Å². The molecule has 2 aliphatic heterocycles. The van der Waals surface area contributed by atoms with E-state index in [2.05, 4.69) is 46.4 Å². The summed E-state index contributed by atoms with van der Waals surface area (Å²) in [7, 11) is 0. The first-order chi connectivity index (χ1) is 25.6. The molecule has 1 fully saturated rings. The maximum absolute atomic E-state index is 12.8. The highest BCUT2D eigenvalue weighted by atomic mass is 32.1. The highest BCUT2D eigenvalue weighted by Gasteiger charge is 2.26. The van der Waals surface area contributed by atoms with Gasteiger partial charge in [0.05, 0.1) is 18.9 Å². The lowest BCUT2D eigenvalue weighted by atomic mass is 10.0. The molecule has 0 aliphatic carbocycles. The van der Waals surface area contributed by atoms with Gasteiger partial charge in [-0.25, -0.2) is 4.79 Å². The zero-order valence-electron chi connectivity index (χ0n) is 31.8. The standard InChI is InChI=1S/C43H63N3O5S/c1-2-3-4-5-6-7-8-9-10-11-12-13-14-16-32-50-43(48)51-35-46-40-34-37(23-21-36(40)22-24-42(46)47)49-31-17-15-26-44-27-29-45(30-28-44)39-19-18-20-41-38(39)25-33-52-41/h18-21,23,25,33-34H,2-17,22,24,26-32,35H2,1H3. The third kappa shape index (κ3) is 13.0. The number of hydrogen-bond acceptors (Lipinski definition) is 8. The van der Waals surface area contributed by atoms with E-state index in [0.717, 1.165) is 75.4 Å². The average molecular weight is 734 g/mol. The maximum atomic E-state index is 12.8. The lowest BCUT2D eigenvalue weighted by Gasteiger charge is -2.36. The molecule has 2 aromatic carbocycles. The number of thiophene rings is 1. The van der Waals surface area contributed by atoms with Crippen molar-refractivity contribution in [3.63, 3.8) is 0 Å². The van der Waals surface area contributed by atoms with E-state index in [1.807, 2.05) is 29.5 Å². The van der Waals surface area contributed by atoms with Crippen LogP contribution < -0.4 is 14.5 Å². The normalized spacial score (nSPS) is 14.9. The highest BCUT2D eigenvalue weighted by molar-refractivity contribution is 7.17. The number of aryl methyl sites for hydroxylation is 1. The number of fused-ring (bicyclic) bond motifs is 2. The van der Waals surface area contributed by atoms with Gasteiger partial charge in [-0.05, 0) is 67.4 Å². The summed E-state index contributed by atoms with van der Waals surface area (Å²) in [6, 6.07) is 14.8. The molecule has 5 rings (SSSR count). The van der Waals surface area contributed by atoms with Gasteiger partial charge in [-0.3, -0.25) is 14.6 Å². The average Bonchev–Trinajstić information content (AvgIpc) is 3.66. The molecule has 0 bridgehead atoms. The van der Waals surface area contributed by atoms with E-state index in [1.54, 1.807) is 0 Å². The number of carbonyl (C=O) groups is 2. The number of rotatable bonds is 24. The molecular weight excluding hydrogens is 671 g/mol. The summed E-state index contributed by atoms with van der Waals surface area (Å²) < 4.78 is 18.2. The molecule has 1 amide bonds. The van der Waals surface area contributed by atoms with Crippen molar-refractivity contribution >= 4 is 44.9 Å². The van der Waals surface area contributed by atoms with E-state index in [9.17, 15) is 9.59 Å². The molecule has 0 N–H and O–H groups in total. The summed E-state index contributed by atoms with van der Waals surface area (Å²) >= 11 is 1.81. The van der Waals surface area contributed by atoms with E-state index in [-0.39, 0.29) is 12.6 Å². The molecule has 9 heteroatoms. The monoisotopic (exact) mass is 733 g/mol. The van der Waals surface area contributed by atoms with Crippen LogP contribution in [-0.2, 0) is 20.7 Å². The predicted octanol–water partition coefficient (Wildman–Crippen LogP) is 10.8. The van der Waals surface area contributed by atoms with Crippen LogP contribution in [0.1, 0.15) is 122 Å². The Morgan fingerprint density at radius 1 is 0.712 bits per heavy atom. The van der Waals surface area contributed by atoms with Crippen LogP contribution in [0.3, 0.4) is 0 Å². The van der Waals surface area contributed by atoms with E-state index >= 15 is 0 Å². The lowest BCUT2D eigenvalue weighted by molar-refractivity contribution is -0.119. The Labute approximate surface area is 316 Å². The van der Waals surface area contributed by atoms with Crippen molar-refractivity contribution in [2.45, 2.75) is 122 Å². The molecule has 8 nitrogen and oxygen atoms in total. The number of hydrogen-bond donors (Lipinski definition) is 0. The van der Waals surface area contributed by atoms with Crippen LogP contribution in [0.5, 0.6) is 5.75 Å². The minimum atomic E-state index is -0.719. The van der Waals surface area contributed by atoms with Crippen molar-refractivity contribution in [1.82, 2.24) is 4.90 Å². The zero-order valence-corrected chi connectivity index (χ0v) is 32.6. The fourth-order valence-electron chi connectivity index (χ4n) is 7.45. The van der Waals surface area contributed by atoms with Crippen LogP contribution in [-0.4, -0.2) is 69.6 Å². The predicted molar refractivity (Wildman–Crippen MR) is 215 cm³/mol. The topological polar surface area (TPSA) is 71.5 Å². The van der Waals surface area contributed by atoms with Gasteiger partial charge in [0.2, 0.25) is 5.91 Å². The summed E-state index contributed by atoms with van der Waals surface area (Å²) in [6.45, 7) is 8.41. The summed E-state index contributed by atoms with van der Waals surface area (Å²) in [5, 5.41) is 3.55. The number of benzene rings is 2. The van der Waals surface area contributed by atoms with Crippen molar-refractivity contribution in [1.29, 1.82) is 0 Å². The third-order valence-corrected chi connectivity index (χ3v) is 11.5. The molecule has 0 spiro atoms. The first kappa shape index (κ1) is 39.9. The van der Waals surface area contributed by atoms with Crippen LogP contribution in [0.15, 0.2) is 47.8 Å². The Hall–Kier alpha value is -3.30. The second kappa shape index (κ2) is 22.7. The quantitative estimate of drug-likeness (QED) is 0.0670. The summed E-state index contributed by atoms with van der Waals surface area (Å²) in [5.41, 5.74) is 3.17. The second-order valence-electron chi connectivity index (χ2n) is 14.6. The smallest absolute Gasteiger partial charge is 0.494 e. The molecule has 0 unspecified atom stereocenters. The largest absolute Gasteiger partial charge is 0.510 e. The summed E-state index contributed by atoms with van der Waals surface area (Å²) in [4.78, 5) is 31.8. The van der Waals surface area contributed by atoms with E-state index in [4.69, 9.17) is 14.2 Å². The number of amides is 1.